The van der Waals surface area contributed by atoms with Crippen molar-refractivity contribution in [3.63, 3.8) is 0 Å². The highest BCUT2D eigenvalue weighted by molar-refractivity contribution is 6.35. The van der Waals surface area contributed by atoms with E-state index in [0.717, 1.165) is 48.3 Å². The minimum Gasteiger partial charge on any atom is -0.382 e. The standard InChI is InChI=1S/C18H20Cl2N6/c19-11-7-12(20)9-14(8-11)24-16-15(10-1-3-13(21)4-2-10)17(22)25-26-6-5-23-18(16)26/h5-10,13,24H,1-4,21H2,(H2,22,25). The van der Waals surface area contributed by atoms with Gasteiger partial charge in [-0.3, -0.25) is 0 Å². The highest BCUT2D eigenvalue weighted by Gasteiger charge is 2.27. The zero-order valence-electron chi connectivity index (χ0n) is 14.1. The lowest BCUT2D eigenvalue weighted by molar-refractivity contribution is 0.396. The van der Waals surface area contributed by atoms with Crippen LogP contribution in [0, 0.1) is 0 Å². The first-order chi connectivity index (χ1) is 12.5. The highest BCUT2D eigenvalue weighted by atomic mass is 35.5. The van der Waals surface area contributed by atoms with E-state index >= 15 is 0 Å². The molecule has 3 aromatic rings. The molecule has 0 amide bonds. The number of rotatable bonds is 3. The zero-order chi connectivity index (χ0) is 18.3. The predicted molar refractivity (Wildman–Crippen MR) is 106 cm³/mol. The van der Waals surface area contributed by atoms with Crippen molar-refractivity contribution in [1.29, 1.82) is 0 Å². The first-order valence-electron chi connectivity index (χ1n) is 8.62. The van der Waals surface area contributed by atoms with Gasteiger partial charge in [0.05, 0.1) is 5.69 Å². The first-order valence-corrected chi connectivity index (χ1v) is 9.38. The summed E-state index contributed by atoms with van der Waals surface area (Å²) in [5.74, 6) is 0.799. The Balaban J connectivity index is 1.82. The Labute approximate surface area is 161 Å². The number of benzene rings is 1. The summed E-state index contributed by atoms with van der Waals surface area (Å²) in [6.45, 7) is 0. The van der Waals surface area contributed by atoms with E-state index in [1.54, 1.807) is 23.0 Å². The Bertz CT molecular complexity index is 926. The molecule has 8 heteroatoms. The van der Waals surface area contributed by atoms with Gasteiger partial charge in [-0.25, -0.2) is 9.50 Å². The van der Waals surface area contributed by atoms with E-state index in [9.17, 15) is 0 Å². The van der Waals surface area contributed by atoms with Crippen molar-refractivity contribution < 1.29 is 0 Å². The summed E-state index contributed by atoms with van der Waals surface area (Å²) in [5, 5.41) is 9.03. The molecule has 0 saturated heterocycles. The van der Waals surface area contributed by atoms with Gasteiger partial charge in [0.25, 0.3) is 0 Å². The topological polar surface area (TPSA) is 94.3 Å². The minimum atomic E-state index is 0.263. The van der Waals surface area contributed by atoms with Crippen molar-refractivity contribution >= 4 is 46.0 Å². The van der Waals surface area contributed by atoms with Crippen LogP contribution in [-0.2, 0) is 0 Å². The molecule has 0 atom stereocenters. The van der Waals surface area contributed by atoms with E-state index in [-0.39, 0.29) is 6.04 Å². The molecule has 1 fully saturated rings. The average Bonchev–Trinajstić information content (AvgIpc) is 3.03. The number of anilines is 3. The second kappa shape index (κ2) is 6.95. The number of halogens is 2. The number of nitrogens with zero attached hydrogens (tertiary/aromatic N) is 3. The van der Waals surface area contributed by atoms with Gasteiger partial charge in [0, 0.05) is 39.7 Å². The lowest BCUT2D eigenvalue weighted by atomic mass is 9.81. The van der Waals surface area contributed by atoms with E-state index in [0.29, 0.717) is 21.8 Å². The van der Waals surface area contributed by atoms with Gasteiger partial charge < -0.3 is 16.8 Å². The summed E-state index contributed by atoms with van der Waals surface area (Å²) in [4.78, 5) is 4.46. The third-order valence-electron chi connectivity index (χ3n) is 4.92. The van der Waals surface area contributed by atoms with Crippen LogP contribution in [-0.4, -0.2) is 20.6 Å². The molecule has 6 nitrogen and oxygen atoms in total. The second-order valence-corrected chi connectivity index (χ2v) is 7.64. The second-order valence-electron chi connectivity index (χ2n) is 6.76. The Hall–Kier alpha value is -2.02. The predicted octanol–water partition coefficient (Wildman–Crippen LogP) is 4.35. The van der Waals surface area contributed by atoms with Crippen molar-refractivity contribution in [1.82, 2.24) is 14.6 Å². The van der Waals surface area contributed by atoms with Crippen LogP contribution < -0.4 is 16.8 Å². The third kappa shape index (κ3) is 3.32. The SMILES string of the molecule is Nc1nn2ccnc2c(Nc2cc(Cl)cc(Cl)c2)c1C1CCC(N)CC1. The van der Waals surface area contributed by atoms with Gasteiger partial charge in [0.2, 0.25) is 0 Å². The molecular formula is C18H20Cl2N6. The monoisotopic (exact) mass is 390 g/mol. The molecule has 5 N–H and O–H groups in total. The van der Waals surface area contributed by atoms with E-state index in [1.165, 1.54) is 0 Å². The van der Waals surface area contributed by atoms with E-state index in [1.807, 2.05) is 12.1 Å². The normalized spacial score (nSPS) is 20.4. The average molecular weight is 391 g/mol. The van der Waals surface area contributed by atoms with Crippen LogP contribution in [0.15, 0.2) is 30.6 Å². The van der Waals surface area contributed by atoms with E-state index < -0.39 is 0 Å². The van der Waals surface area contributed by atoms with Crippen LogP contribution in [0.2, 0.25) is 10.0 Å². The molecule has 0 bridgehead atoms. The molecule has 1 aromatic carbocycles. The van der Waals surface area contributed by atoms with E-state index in [4.69, 9.17) is 34.7 Å². The van der Waals surface area contributed by atoms with Gasteiger partial charge in [0.1, 0.15) is 5.82 Å². The number of fused-ring (bicyclic) bond motifs is 1. The van der Waals surface area contributed by atoms with Crippen LogP contribution in [0.4, 0.5) is 17.2 Å². The van der Waals surface area contributed by atoms with Crippen molar-refractivity contribution in [2.24, 2.45) is 5.73 Å². The van der Waals surface area contributed by atoms with Crippen LogP contribution in [0.5, 0.6) is 0 Å². The summed E-state index contributed by atoms with van der Waals surface area (Å²) in [7, 11) is 0. The number of imidazole rings is 1. The molecule has 0 spiro atoms. The fourth-order valence-electron chi connectivity index (χ4n) is 3.69. The quantitative estimate of drug-likeness (QED) is 0.617. The van der Waals surface area contributed by atoms with Crippen molar-refractivity contribution in [3.05, 3.63) is 46.2 Å². The molecule has 1 aliphatic rings. The fraction of sp³-hybridized carbons (Fsp3) is 0.333. The zero-order valence-corrected chi connectivity index (χ0v) is 15.6. The summed E-state index contributed by atoms with van der Waals surface area (Å²) >= 11 is 12.3. The lowest BCUT2D eigenvalue weighted by Crippen LogP contribution is -2.26. The van der Waals surface area contributed by atoms with Crippen molar-refractivity contribution in [2.75, 3.05) is 11.1 Å². The molecule has 136 valence electrons. The molecular weight excluding hydrogens is 371 g/mol. The molecule has 0 aliphatic heterocycles. The number of nitrogens with two attached hydrogens (primary N) is 2. The number of hydrogen-bond acceptors (Lipinski definition) is 5. The number of nitrogens with one attached hydrogen (secondary N) is 1. The molecule has 26 heavy (non-hydrogen) atoms. The minimum absolute atomic E-state index is 0.263. The Morgan fingerprint density at radius 3 is 2.46 bits per heavy atom. The molecule has 2 aromatic heterocycles. The molecule has 0 radical (unpaired) electrons. The largest absolute Gasteiger partial charge is 0.382 e. The van der Waals surface area contributed by atoms with Gasteiger partial charge >= 0.3 is 0 Å². The van der Waals surface area contributed by atoms with Crippen LogP contribution in [0.1, 0.15) is 37.2 Å². The van der Waals surface area contributed by atoms with Gasteiger partial charge in [-0.05, 0) is 49.8 Å². The molecule has 2 heterocycles. The van der Waals surface area contributed by atoms with Crippen molar-refractivity contribution in [2.45, 2.75) is 37.6 Å². The van der Waals surface area contributed by atoms with Gasteiger partial charge in [-0.1, -0.05) is 23.2 Å². The van der Waals surface area contributed by atoms with Crippen LogP contribution in [0.3, 0.4) is 0 Å². The number of aromatic nitrogens is 3. The molecule has 1 saturated carbocycles. The fourth-order valence-corrected chi connectivity index (χ4v) is 4.22. The lowest BCUT2D eigenvalue weighted by Gasteiger charge is -2.28. The summed E-state index contributed by atoms with van der Waals surface area (Å²) in [5.41, 5.74) is 15.8. The van der Waals surface area contributed by atoms with E-state index in [2.05, 4.69) is 15.4 Å². The maximum Gasteiger partial charge on any atom is 0.177 e. The highest BCUT2D eigenvalue weighted by Crippen LogP contribution is 2.41. The Morgan fingerprint density at radius 2 is 1.77 bits per heavy atom. The Kier molecular flexibility index (Phi) is 4.65. The third-order valence-corrected chi connectivity index (χ3v) is 5.35. The maximum atomic E-state index is 6.34. The number of nitrogen functional groups attached to an aromatic ring is 1. The van der Waals surface area contributed by atoms with Gasteiger partial charge in [-0.15, -0.1) is 5.10 Å². The van der Waals surface area contributed by atoms with Crippen LogP contribution >= 0.6 is 23.2 Å². The molecule has 1 aliphatic carbocycles. The smallest absolute Gasteiger partial charge is 0.177 e. The Morgan fingerprint density at radius 1 is 1.08 bits per heavy atom. The summed E-state index contributed by atoms with van der Waals surface area (Å²) < 4.78 is 1.68. The summed E-state index contributed by atoms with van der Waals surface area (Å²) in [6.07, 6.45) is 7.41. The maximum absolute atomic E-state index is 6.34. The first kappa shape index (κ1) is 17.4. The molecule has 4 rings (SSSR count). The summed E-state index contributed by atoms with van der Waals surface area (Å²) in [6, 6.07) is 5.61. The molecule has 0 unspecified atom stereocenters. The van der Waals surface area contributed by atoms with Gasteiger partial charge in [-0.2, -0.15) is 0 Å². The van der Waals surface area contributed by atoms with Crippen molar-refractivity contribution in [3.8, 4) is 0 Å². The number of hydrogen-bond donors (Lipinski definition) is 3. The van der Waals surface area contributed by atoms with Crippen LogP contribution in [0.25, 0.3) is 5.65 Å². The van der Waals surface area contributed by atoms with Gasteiger partial charge in [0.15, 0.2) is 5.65 Å².